The van der Waals surface area contributed by atoms with E-state index in [1.54, 1.807) is 38.3 Å². The zero-order chi connectivity index (χ0) is 23.0. The van der Waals surface area contributed by atoms with Gasteiger partial charge >= 0.3 is 0 Å². The third-order valence-corrected chi connectivity index (χ3v) is 6.94. The molecule has 32 heavy (non-hydrogen) atoms. The number of amides is 3. The normalized spacial score (nSPS) is 31.4. The van der Waals surface area contributed by atoms with Gasteiger partial charge in [0.2, 0.25) is 17.7 Å². The standard InChI is InChI=1S/C23H31N3O6/c1-4-11-24-20(28)17-16-9-10-23(32-16)18(17)22(30)26(13(2)12-27)19(23)21(29)25-14-5-7-15(31-3)8-6-14/h5-8,13,16-19,27H,4,9-12H2,1-3H3,(H,24,28)(H,25,29)/t13-,16+,17-,18+,19?,23?/m1/s1. The lowest BCUT2D eigenvalue weighted by Gasteiger charge is -2.35. The number of benzene rings is 1. The first-order valence-corrected chi connectivity index (χ1v) is 11.2. The zero-order valence-electron chi connectivity index (χ0n) is 18.7. The number of aliphatic hydroxyl groups excluding tert-OH is 1. The molecule has 0 aliphatic carbocycles. The molecule has 3 amide bonds. The Kier molecular flexibility index (Phi) is 6.13. The summed E-state index contributed by atoms with van der Waals surface area (Å²) >= 11 is 0. The monoisotopic (exact) mass is 445 g/mol. The predicted molar refractivity (Wildman–Crippen MR) is 116 cm³/mol. The second kappa shape index (κ2) is 8.71. The molecule has 9 nitrogen and oxygen atoms in total. The Hall–Kier alpha value is -2.65. The average Bonchev–Trinajstić information content (AvgIpc) is 3.44. The van der Waals surface area contributed by atoms with Gasteiger partial charge in [0, 0.05) is 12.2 Å². The lowest BCUT2D eigenvalue weighted by molar-refractivity contribution is -0.143. The minimum Gasteiger partial charge on any atom is -0.497 e. The lowest BCUT2D eigenvalue weighted by atomic mass is 9.70. The summed E-state index contributed by atoms with van der Waals surface area (Å²) in [7, 11) is 1.56. The zero-order valence-corrected chi connectivity index (χ0v) is 18.7. The number of hydrogen-bond donors (Lipinski definition) is 3. The summed E-state index contributed by atoms with van der Waals surface area (Å²) in [4.78, 5) is 41.4. The highest BCUT2D eigenvalue weighted by molar-refractivity contribution is 6.03. The van der Waals surface area contributed by atoms with E-state index in [0.29, 0.717) is 30.8 Å². The van der Waals surface area contributed by atoms with E-state index < -0.39 is 29.5 Å². The van der Waals surface area contributed by atoms with Crippen LogP contribution in [0.1, 0.15) is 33.1 Å². The molecule has 9 heteroatoms. The summed E-state index contributed by atoms with van der Waals surface area (Å²) < 4.78 is 11.5. The average molecular weight is 446 g/mol. The number of fused-ring (bicyclic) bond motifs is 1. The molecule has 174 valence electrons. The van der Waals surface area contributed by atoms with Crippen LogP contribution in [0.5, 0.6) is 5.75 Å². The van der Waals surface area contributed by atoms with Gasteiger partial charge in [-0.1, -0.05) is 6.92 Å². The summed E-state index contributed by atoms with van der Waals surface area (Å²) in [5, 5.41) is 15.6. The van der Waals surface area contributed by atoms with E-state index in [4.69, 9.17) is 9.47 Å². The number of nitrogens with one attached hydrogen (secondary N) is 2. The second-order valence-corrected chi connectivity index (χ2v) is 8.84. The van der Waals surface area contributed by atoms with Crippen LogP contribution in [-0.4, -0.2) is 71.8 Å². The van der Waals surface area contributed by atoms with Crippen LogP contribution in [0.25, 0.3) is 0 Å². The summed E-state index contributed by atoms with van der Waals surface area (Å²) in [5.41, 5.74) is -0.514. The Morgan fingerprint density at radius 1 is 1.31 bits per heavy atom. The summed E-state index contributed by atoms with van der Waals surface area (Å²) in [6.07, 6.45) is 1.53. The van der Waals surface area contributed by atoms with Gasteiger partial charge in [0.25, 0.3) is 0 Å². The van der Waals surface area contributed by atoms with Crippen LogP contribution in [0.15, 0.2) is 24.3 Å². The molecule has 3 N–H and O–H groups in total. The van der Waals surface area contributed by atoms with E-state index in [2.05, 4.69) is 10.6 Å². The van der Waals surface area contributed by atoms with Crippen molar-refractivity contribution in [3.8, 4) is 5.75 Å². The van der Waals surface area contributed by atoms with Crippen LogP contribution in [0.4, 0.5) is 5.69 Å². The van der Waals surface area contributed by atoms with Gasteiger partial charge in [-0.25, -0.2) is 0 Å². The first kappa shape index (κ1) is 22.5. The number of likely N-dealkylation sites (tertiary alicyclic amines) is 1. The minimum atomic E-state index is -1.07. The Morgan fingerprint density at radius 3 is 2.66 bits per heavy atom. The van der Waals surface area contributed by atoms with Crippen LogP contribution in [-0.2, 0) is 19.1 Å². The van der Waals surface area contributed by atoms with Crippen molar-refractivity contribution < 1.29 is 29.0 Å². The molecule has 3 aliphatic rings. The quantitative estimate of drug-likeness (QED) is 0.548. The molecule has 6 atom stereocenters. The molecule has 3 heterocycles. The Bertz CT molecular complexity index is 890. The molecule has 0 saturated carbocycles. The van der Waals surface area contributed by atoms with Crippen molar-refractivity contribution in [2.75, 3.05) is 25.6 Å². The number of carbonyl (C=O) groups is 3. The number of ether oxygens (including phenoxy) is 2. The van der Waals surface area contributed by atoms with Gasteiger partial charge in [-0.2, -0.15) is 0 Å². The van der Waals surface area contributed by atoms with Crippen LogP contribution in [0, 0.1) is 11.8 Å². The molecular weight excluding hydrogens is 414 g/mol. The highest BCUT2D eigenvalue weighted by atomic mass is 16.5. The van der Waals surface area contributed by atoms with Gasteiger partial charge in [0.15, 0.2) is 0 Å². The number of hydrogen-bond acceptors (Lipinski definition) is 6. The van der Waals surface area contributed by atoms with Crippen LogP contribution in [0.2, 0.25) is 0 Å². The van der Waals surface area contributed by atoms with Crippen molar-refractivity contribution in [3.05, 3.63) is 24.3 Å². The molecule has 0 aromatic heterocycles. The molecule has 1 spiro atoms. The fourth-order valence-corrected chi connectivity index (χ4v) is 5.50. The van der Waals surface area contributed by atoms with Crippen molar-refractivity contribution in [2.45, 2.75) is 56.9 Å². The molecule has 2 unspecified atom stereocenters. The van der Waals surface area contributed by atoms with Crippen LogP contribution in [0.3, 0.4) is 0 Å². The number of carbonyl (C=O) groups excluding carboxylic acids is 3. The number of anilines is 1. The van der Waals surface area contributed by atoms with Gasteiger partial charge in [0.05, 0.1) is 37.7 Å². The predicted octanol–water partition coefficient (Wildman–Crippen LogP) is 0.915. The van der Waals surface area contributed by atoms with E-state index in [1.807, 2.05) is 6.92 Å². The molecule has 1 aromatic carbocycles. The Labute approximate surface area is 187 Å². The van der Waals surface area contributed by atoms with Crippen molar-refractivity contribution >= 4 is 23.4 Å². The first-order chi connectivity index (χ1) is 15.4. The van der Waals surface area contributed by atoms with E-state index >= 15 is 0 Å². The molecule has 4 rings (SSSR count). The molecule has 2 bridgehead atoms. The van der Waals surface area contributed by atoms with Gasteiger partial charge in [-0.15, -0.1) is 0 Å². The summed E-state index contributed by atoms with van der Waals surface area (Å²) in [5.74, 6) is -1.60. The number of nitrogens with zero attached hydrogens (tertiary/aromatic N) is 1. The fraction of sp³-hybridized carbons (Fsp3) is 0.609. The topological polar surface area (TPSA) is 117 Å². The van der Waals surface area contributed by atoms with E-state index in [9.17, 15) is 19.5 Å². The molecule has 0 radical (unpaired) electrons. The third-order valence-electron chi connectivity index (χ3n) is 6.94. The van der Waals surface area contributed by atoms with Crippen molar-refractivity contribution in [2.24, 2.45) is 11.8 Å². The molecular formula is C23H31N3O6. The second-order valence-electron chi connectivity index (χ2n) is 8.84. The molecule has 1 aromatic rings. The molecule has 3 saturated heterocycles. The smallest absolute Gasteiger partial charge is 0.250 e. The fourth-order valence-electron chi connectivity index (χ4n) is 5.50. The summed E-state index contributed by atoms with van der Waals surface area (Å²) in [6.45, 7) is 3.89. The van der Waals surface area contributed by atoms with Gasteiger partial charge < -0.3 is 30.1 Å². The van der Waals surface area contributed by atoms with Gasteiger partial charge in [-0.05, 0) is 50.5 Å². The SMILES string of the molecule is CCCNC(=O)[C@@H]1[C@@H]2CCC3(O2)C(C(=O)Nc2ccc(OC)cc2)N([C@H](C)CO)C(=O)[C@H]13. The van der Waals surface area contributed by atoms with Gasteiger partial charge in [0.1, 0.15) is 17.4 Å². The highest BCUT2D eigenvalue weighted by Gasteiger charge is 2.74. The Balaban J connectivity index is 1.66. The van der Waals surface area contributed by atoms with E-state index in [1.165, 1.54) is 4.90 Å². The molecule has 3 aliphatic heterocycles. The van der Waals surface area contributed by atoms with Crippen LogP contribution >= 0.6 is 0 Å². The Morgan fingerprint density at radius 2 is 2.03 bits per heavy atom. The molecule has 3 fully saturated rings. The van der Waals surface area contributed by atoms with Crippen molar-refractivity contribution in [3.63, 3.8) is 0 Å². The maximum absolute atomic E-state index is 13.6. The van der Waals surface area contributed by atoms with Crippen LogP contribution < -0.4 is 15.4 Å². The largest absolute Gasteiger partial charge is 0.497 e. The van der Waals surface area contributed by atoms with Crippen molar-refractivity contribution in [1.82, 2.24) is 10.2 Å². The third kappa shape index (κ3) is 3.44. The first-order valence-electron chi connectivity index (χ1n) is 11.2. The number of methoxy groups -OCH3 is 1. The maximum Gasteiger partial charge on any atom is 0.250 e. The minimum absolute atomic E-state index is 0.204. The highest BCUT2D eigenvalue weighted by Crippen LogP contribution is 2.58. The van der Waals surface area contributed by atoms with Crippen molar-refractivity contribution in [1.29, 1.82) is 0 Å². The number of aliphatic hydroxyl groups is 1. The van der Waals surface area contributed by atoms with E-state index in [-0.39, 0.29) is 30.4 Å². The summed E-state index contributed by atoms with van der Waals surface area (Å²) in [6, 6.07) is 5.38. The van der Waals surface area contributed by atoms with Gasteiger partial charge in [-0.3, -0.25) is 14.4 Å². The maximum atomic E-state index is 13.6. The lowest BCUT2D eigenvalue weighted by Crippen LogP contribution is -2.55. The van der Waals surface area contributed by atoms with E-state index in [0.717, 1.165) is 6.42 Å². The number of rotatable bonds is 8.